The lowest BCUT2D eigenvalue weighted by Crippen LogP contribution is -2.50. The maximum atomic E-state index is 13.0. The molecule has 1 aromatic heterocycles. The highest BCUT2D eigenvalue weighted by molar-refractivity contribution is 7.89. The maximum Gasteiger partial charge on any atom is 0.274 e. The van der Waals surface area contributed by atoms with E-state index in [1.807, 2.05) is 0 Å². The van der Waals surface area contributed by atoms with Crippen molar-refractivity contribution in [3.8, 4) is 0 Å². The average Bonchev–Trinajstić information content (AvgIpc) is 2.62. The van der Waals surface area contributed by atoms with Crippen LogP contribution in [-0.2, 0) is 10.0 Å². The predicted octanol–water partition coefficient (Wildman–Crippen LogP) is 0.762. The average molecular weight is 350 g/mol. The highest BCUT2D eigenvalue weighted by Gasteiger charge is 2.30. The topological polar surface area (TPSA) is 83.5 Å². The van der Waals surface area contributed by atoms with Crippen LogP contribution in [0.25, 0.3) is 0 Å². The first-order valence-electron chi connectivity index (χ1n) is 7.29. The third kappa shape index (κ3) is 3.26. The van der Waals surface area contributed by atoms with E-state index in [0.717, 1.165) is 12.1 Å². The third-order valence-electron chi connectivity index (χ3n) is 3.76. The number of hydrogen-bond donors (Lipinski definition) is 0. The number of carbonyl (C=O) groups is 1. The van der Waals surface area contributed by atoms with Gasteiger partial charge in [0.2, 0.25) is 10.0 Å². The van der Waals surface area contributed by atoms with Crippen molar-refractivity contribution in [2.45, 2.75) is 4.90 Å². The van der Waals surface area contributed by atoms with Crippen LogP contribution in [0, 0.1) is 5.82 Å². The van der Waals surface area contributed by atoms with E-state index in [0.29, 0.717) is 0 Å². The van der Waals surface area contributed by atoms with Crippen LogP contribution in [0.1, 0.15) is 10.5 Å². The summed E-state index contributed by atoms with van der Waals surface area (Å²) in [5.41, 5.74) is 0.229. The van der Waals surface area contributed by atoms with Gasteiger partial charge >= 0.3 is 0 Å². The summed E-state index contributed by atoms with van der Waals surface area (Å²) in [6.07, 6.45) is 4.29. The number of nitrogens with zero attached hydrogens (tertiary/aromatic N) is 4. The van der Waals surface area contributed by atoms with Crippen LogP contribution < -0.4 is 0 Å². The number of benzene rings is 1. The molecule has 2 heterocycles. The molecule has 0 aliphatic carbocycles. The van der Waals surface area contributed by atoms with Gasteiger partial charge in [0, 0.05) is 38.6 Å². The van der Waals surface area contributed by atoms with E-state index in [-0.39, 0.29) is 42.7 Å². The minimum Gasteiger partial charge on any atom is -0.335 e. The number of halogens is 1. The quantitative estimate of drug-likeness (QED) is 0.816. The number of amides is 1. The standard InChI is InChI=1S/C15H15FN4O3S/c16-12-1-3-13(4-2-12)24(22,23)20-9-7-19(8-10-20)15(21)14-11-17-5-6-18-14/h1-6,11H,7-10H2. The molecule has 1 saturated heterocycles. The summed E-state index contributed by atoms with van der Waals surface area (Å²) < 4.78 is 39.3. The molecule has 1 fully saturated rings. The molecular weight excluding hydrogens is 335 g/mol. The van der Waals surface area contributed by atoms with Gasteiger partial charge in [0.15, 0.2) is 0 Å². The van der Waals surface area contributed by atoms with Crippen LogP contribution in [0.3, 0.4) is 0 Å². The molecular formula is C15H15FN4O3S. The molecule has 0 radical (unpaired) electrons. The zero-order chi connectivity index (χ0) is 17.2. The molecule has 1 aliphatic heterocycles. The minimum atomic E-state index is -3.69. The number of carbonyl (C=O) groups excluding carboxylic acids is 1. The Morgan fingerprint density at radius 1 is 1.04 bits per heavy atom. The van der Waals surface area contributed by atoms with Crippen molar-refractivity contribution in [3.63, 3.8) is 0 Å². The van der Waals surface area contributed by atoms with Crippen LogP contribution in [0.5, 0.6) is 0 Å². The van der Waals surface area contributed by atoms with Gasteiger partial charge in [0.1, 0.15) is 11.5 Å². The van der Waals surface area contributed by atoms with Gasteiger partial charge in [-0.3, -0.25) is 9.78 Å². The van der Waals surface area contributed by atoms with E-state index in [2.05, 4.69) is 9.97 Å². The highest BCUT2D eigenvalue weighted by Crippen LogP contribution is 2.18. The number of piperazine rings is 1. The number of aromatic nitrogens is 2. The Balaban J connectivity index is 1.68. The summed E-state index contributed by atoms with van der Waals surface area (Å²) in [5, 5.41) is 0. The lowest BCUT2D eigenvalue weighted by molar-refractivity contribution is 0.0691. The van der Waals surface area contributed by atoms with E-state index in [1.165, 1.54) is 35.0 Å². The summed E-state index contributed by atoms with van der Waals surface area (Å²) in [5.74, 6) is -0.768. The summed E-state index contributed by atoms with van der Waals surface area (Å²) in [7, 11) is -3.69. The van der Waals surface area contributed by atoms with E-state index in [4.69, 9.17) is 0 Å². The number of hydrogen-bond acceptors (Lipinski definition) is 5. The predicted molar refractivity (Wildman–Crippen MR) is 83.1 cm³/mol. The second-order valence-electron chi connectivity index (χ2n) is 5.24. The first-order chi connectivity index (χ1) is 11.5. The van der Waals surface area contributed by atoms with Crippen LogP contribution in [0.15, 0.2) is 47.8 Å². The van der Waals surface area contributed by atoms with Crippen molar-refractivity contribution in [3.05, 3.63) is 54.4 Å². The molecule has 0 spiro atoms. The Kier molecular flexibility index (Phi) is 4.54. The van der Waals surface area contributed by atoms with Crippen molar-refractivity contribution in [2.24, 2.45) is 0 Å². The fourth-order valence-electron chi connectivity index (χ4n) is 2.46. The van der Waals surface area contributed by atoms with E-state index in [9.17, 15) is 17.6 Å². The van der Waals surface area contributed by atoms with Gasteiger partial charge in [-0.05, 0) is 24.3 Å². The Labute approximate surface area is 138 Å². The van der Waals surface area contributed by atoms with Crippen molar-refractivity contribution in [1.82, 2.24) is 19.2 Å². The van der Waals surface area contributed by atoms with Crippen LogP contribution in [0.2, 0.25) is 0 Å². The number of rotatable bonds is 3. The van der Waals surface area contributed by atoms with Gasteiger partial charge in [-0.15, -0.1) is 0 Å². The SMILES string of the molecule is O=C(c1cnccn1)N1CCN(S(=O)(=O)c2ccc(F)cc2)CC1. The summed E-state index contributed by atoms with van der Waals surface area (Å²) in [4.78, 5) is 21.7. The van der Waals surface area contributed by atoms with Crippen LogP contribution in [-0.4, -0.2) is 59.7 Å². The molecule has 0 N–H and O–H groups in total. The normalized spacial score (nSPS) is 16.1. The first kappa shape index (κ1) is 16.5. The molecule has 0 saturated carbocycles. The fourth-order valence-corrected chi connectivity index (χ4v) is 3.88. The first-order valence-corrected chi connectivity index (χ1v) is 8.73. The monoisotopic (exact) mass is 350 g/mol. The van der Waals surface area contributed by atoms with Crippen LogP contribution in [0.4, 0.5) is 4.39 Å². The Bertz CT molecular complexity index is 820. The van der Waals surface area contributed by atoms with Gasteiger partial charge < -0.3 is 4.90 Å². The molecule has 2 aromatic rings. The molecule has 0 atom stereocenters. The van der Waals surface area contributed by atoms with Crippen molar-refractivity contribution >= 4 is 15.9 Å². The second-order valence-corrected chi connectivity index (χ2v) is 7.18. The Morgan fingerprint density at radius 2 is 1.71 bits per heavy atom. The van der Waals surface area contributed by atoms with Crippen molar-refractivity contribution < 1.29 is 17.6 Å². The molecule has 0 bridgehead atoms. The molecule has 1 aliphatic rings. The number of sulfonamides is 1. The summed E-state index contributed by atoms with van der Waals surface area (Å²) in [6, 6.07) is 4.70. The molecule has 7 nitrogen and oxygen atoms in total. The smallest absolute Gasteiger partial charge is 0.274 e. The van der Waals surface area contributed by atoms with E-state index >= 15 is 0 Å². The van der Waals surface area contributed by atoms with Crippen molar-refractivity contribution in [2.75, 3.05) is 26.2 Å². The largest absolute Gasteiger partial charge is 0.335 e. The van der Waals surface area contributed by atoms with Gasteiger partial charge in [-0.1, -0.05) is 0 Å². The lowest BCUT2D eigenvalue weighted by Gasteiger charge is -2.33. The molecule has 126 valence electrons. The molecule has 24 heavy (non-hydrogen) atoms. The minimum absolute atomic E-state index is 0.0394. The molecule has 3 rings (SSSR count). The fraction of sp³-hybridized carbons (Fsp3) is 0.267. The van der Waals surface area contributed by atoms with Crippen LogP contribution >= 0.6 is 0 Å². The Hall–Kier alpha value is -2.39. The Morgan fingerprint density at radius 3 is 2.29 bits per heavy atom. The molecule has 9 heteroatoms. The zero-order valence-corrected chi connectivity index (χ0v) is 13.5. The zero-order valence-electron chi connectivity index (χ0n) is 12.7. The third-order valence-corrected chi connectivity index (χ3v) is 5.67. The highest BCUT2D eigenvalue weighted by atomic mass is 32.2. The van der Waals surface area contributed by atoms with E-state index in [1.54, 1.807) is 4.90 Å². The summed E-state index contributed by atoms with van der Waals surface area (Å²) in [6.45, 7) is 0.864. The maximum absolute atomic E-state index is 13.0. The van der Waals surface area contributed by atoms with Gasteiger partial charge in [-0.2, -0.15) is 4.31 Å². The molecule has 0 unspecified atom stereocenters. The molecule has 1 amide bonds. The van der Waals surface area contributed by atoms with Gasteiger partial charge in [-0.25, -0.2) is 17.8 Å². The summed E-state index contributed by atoms with van der Waals surface area (Å²) >= 11 is 0. The molecule has 1 aromatic carbocycles. The van der Waals surface area contributed by atoms with Gasteiger partial charge in [0.05, 0.1) is 11.1 Å². The lowest BCUT2D eigenvalue weighted by atomic mass is 10.3. The van der Waals surface area contributed by atoms with Gasteiger partial charge in [0.25, 0.3) is 5.91 Å². The van der Waals surface area contributed by atoms with Crippen molar-refractivity contribution in [1.29, 1.82) is 0 Å². The second kappa shape index (κ2) is 6.62. The van der Waals surface area contributed by atoms with E-state index < -0.39 is 15.8 Å².